The van der Waals surface area contributed by atoms with E-state index in [0.717, 1.165) is 25.2 Å². The average Bonchev–Trinajstić information content (AvgIpc) is 3.18. The molecular formula is C21H25ClN2O2. The molecule has 0 unspecified atom stereocenters. The third-order valence-corrected chi connectivity index (χ3v) is 5.79. The van der Waals surface area contributed by atoms with Crippen LogP contribution < -0.4 is 5.32 Å². The smallest absolute Gasteiger partial charge is 0.254 e. The van der Waals surface area contributed by atoms with Gasteiger partial charge in [0.25, 0.3) is 5.91 Å². The van der Waals surface area contributed by atoms with Crippen LogP contribution in [0.1, 0.15) is 33.1 Å². The molecule has 2 aromatic rings. The van der Waals surface area contributed by atoms with Crippen LogP contribution in [-0.4, -0.2) is 35.5 Å². The number of carbonyl (C=O) groups excluding carboxylic acids is 1. The van der Waals surface area contributed by atoms with Crippen molar-refractivity contribution in [3.8, 4) is 5.75 Å². The van der Waals surface area contributed by atoms with Gasteiger partial charge in [0, 0.05) is 31.1 Å². The van der Waals surface area contributed by atoms with Crippen molar-refractivity contribution in [2.45, 2.75) is 19.9 Å². The van der Waals surface area contributed by atoms with E-state index in [1.165, 1.54) is 11.1 Å². The lowest BCUT2D eigenvalue weighted by atomic mass is 9.87. The van der Waals surface area contributed by atoms with Crippen LogP contribution >= 0.6 is 12.4 Å². The van der Waals surface area contributed by atoms with Crippen LogP contribution in [0.3, 0.4) is 0 Å². The van der Waals surface area contributed by atoms with Crippen molar-refractivity contribution in [3.63, 3.8) is 0 Å². The van der Waals surface area contributed by atoms with Crippen molar-refractivity contribution in [1.82, 2.24) is 10.2 Å². The molecule has 0 aliphatic carbocycles. The summed E-state index contributed by atoms with van der Waals surface area (Å²) in [6.45, 7) is 6.64. The van der Waals surface area contributed by atoms with Gasteiger partial charge in [-0.3, -0.25) is 4.79 Å². The maximum absolute atomic E-state index is 13.2. The van der Waals surface area contributed by atoms with Gasteiger partial charge >= 0.3 is 0 Å². The number of amides is 1. The number of aryl methyl sites for hydroxylation is 2. The molecule has 4 nitrogen and oxygen atoms in total. The van der Waals surface area contributed by atoms with Gasteiger partial charge in [0.2, 0.25) is 0 Å². The number of carbonyl (C=O) groups is 1. The number of hydrogen-bond acceptors (Lipinski definition) is 3. The Hall–Kier alpha value is -2.04. The van der Waals surface area contributed by atoms with Gasteiger partial charge in [0.15, 0.2) is 0 Å². The molecule has 0 bridgehead atoms. The fourth-order valence-corrected chi connectivity index (χ4v) is 4.35. The van der Waals surface area contributed by atoms with Crippen LogP contribution in [0.25, 0.3) is 0 Å². The van der Waals surface area contributed by atoms with E-state index < -0.39 is 0 Å². The number of halogens is 1. The molecule has 0 saturated carbocycles. The molecule has 2 saturated heterocycles. The number of nitrogens with one attached hydrogen (secondary N) is 1. The second kappa shape index (κ2) is 7.29. The topological polar surface area (TPSA) is 52.6 Å². The molecule has 0 radical (unpaired) electrons. The van der Waals surface area contributed by atoms with E-state index in [9.17, 15) is 9.90 Å². The Balaban J connectivity index is 0.00000196. The van der Waals surface area contributed by atoms with Crippen molar-refractivity contribution in [1.29, 1.82) is 0 Å². The highest BCUT2D eigenvalue weighted by atomic mass is 35.5. The van der Waals surface area contributed by atoms with Gasteiger partial charge in [-0.25, -0.2) is 0 Å². The number of fused-ring (bicyclic) bond motifs is 1. The van der Waals surface area contributed by atoms with Crippen molar-refractivity contribution in [3.05, 3.63) is 64.7 Å². The summed E-state index contributed by atoms with van der Waals surface area (Å²) in [7, 11) is 0. The molecule has 2 aliphatic heterocycles. The highest BCUT2D eigenvalue weighted by Gasteiger charge is 2.47. The monoisotopic (exact) mass is 372 g/mol. The van der Waals surface area contributed by atoms with Crippen molar-refractivity contribution >= 4 is 18.3 Å². The van der Waals surface area contributed by atoms with Gasteiger partial charge < -0.3 is 15.3 Å². The standard InChI is InChI=1S/C21H24N2O2.ClH/c1-13-5-3-4-6-17(13)20-18-11-22-10-16(18)12-23(20)21(25)15-8-7-14(2)19(24)9-15;/h3-9,16,18,20,22,24H,10-12H2,1-2H3;1H/t16-,18-,20-;/m0./s1. The van der Waals surface area contributed by atoms with Crippen LogP contribution in [0.5, 0.6) is 5.75 Å². The van der Waals surface area contributed by atoms with E-state index in [1.807, 2.05) is 30.0 Å². The molecular weight excluding hydrogens is 348 g/mol. The zero-order valence-electron chi connectivity index (χ0n) is 15.1. The number of phenolic OH excluding ortho intramolecular Hbond substituents is 1. The van der Waals surface area contributed by atoms with Gasteiger partial charge in [-0.2, -0.15) is 0 Å². The number of likely N-dealkylation sites (tertiary alicyclic amines) is 1. The maximum atomic E-state index is 13.2. The summed E-state index contributed by atoms with van der Waals surface area (Å²) in [4.78, 5) is 15.2. The zero-order chi connectivity index (χ0) is 17.6. The summed E-state index contributed by atoms with van der Waals surface area (Å²) in [6.07, 6.45) is 0. The predicted octanol–water partition coefficient (Wildman–Crippen LogP) is 3.46. The molecule has 5 heteroatoms. The fraction of sp³-hybridized carbons (Fsp3) is 0.381. The van der Waals surface area contributed by atoms with Crippen molar-refractivity contribution in [2.24, 2.45) is 11.8 Å². The molecule has 0 spiro atoms. The van der Waals surface area contributed by atoms with Gasteiger partial charge in [-0.15, -0.1) is 12.4 Å². The normalized spacial score (nSPS) is 24.2. The maximum Gasteiger partial charge on any atom is 0.254 e. The zero-order valence-corrected chi connectivity index (χ0v) is 15.9. The van der Waals surface area contributed by atoms with Crippen LogP contribution in [-0.2, 0) is 0 Å². The van der Waals surface area contributed by atoms with Gasteiger partial charge in [-0.1, -0.05) is 30.3 Å². The molecule has 3 atom stereocenters. The first-order chi connectivity index (χ1) is 12.1. The molecule has 0 aromatic heterocycles. The largest absolute Gasteiger partial charge is 0.508 e. The summed E-state index contributed by atoms with van der Waals surface area (Å²) in [6, 6.07) is 13.7. The highest BCUT2D eigenvalue weighted by molar-refractivity contribution is 5.95. The minimum Gasteiger partial charge on any atom is -0.508 e. The van der Waals surface area contributed by atoms with Crippen molar-refractivity contribution in [2.75, 3.05) is 19.6 Å². The number of phenols is 1. The molecule has 26 heavy (non-hydrogen) atoms. The quantitative estimate of drug-likeness (QED) is 0.848. The molecule has 4 rings (SSSR count). The fourth-order valence-electron chi connectivity index (χ4n) is 4.35. The Morgan fingerprint density at radius 1 is 1.12 bits per heavy atom. The summed E-state index contributed by atoms with van der Waals surface area (Å²) in [5.74, 6) is 1.13. The molecule has 138 valence electrons. The minimum atomic E-state index is 0. The Bertz CT molecular complexity index is 823. The average molecular weight is 373 g/mol. The number of nitrogens with zero attached hydrogens (tertiary/aromatic N) is 1. The lowest BCUT2D eigenvalue weighted by Gasteiger charge is -2.29. The molecule has 2 N–H and O–H groups in total. The lowest BCUT2D eigenvalue weighted by molar-refractivity contribution is 0.0713. The summed E-state index contributed by atoms with van der Waals surface area (Å²) < 4.78 is 0. The van der Waals surface area contributed by atoms with E-state index in [-0.39, 0.29) is 30.1 Å². The first-order valence-corrected chi connectivity index (χ1v) is 8.93. The first kappa shape index (κ1) is 18.7. The van der Waals surface area contributed by atoms with E-state index in [1.54, 1.807) is 6.07 Å². The number of benzene rings is 2. The summed E-state index contributed by atoms with van der Waals surface area (Å²) >= 11 is 0. The van der Waals surface area contributed by atoms with E-state index in [4.69, 9.17) is 0 Å². The number of rotatable bonds is 2. The summed E-state index contributed by atoms with van der Waals surface area (Å²) in [5.41, 5.74) is 3.82. The third kappa shape index (κ3) is 3.08. The second-order valence-corrected chi connectivity index (χ2v) is 7.34. The molecule has 2 aromatic carbocycles. The highest BCUT2D eigenvalue weighted by Crippen LogP contribution is 2.44. The predicted molar refractivity (Wildman–Crippen MR) is 105 cm³/mol. The Morgan fingerprint density at radius 3 is 2.62 bits per heavy atom. The minimum absolute atomic E-state index is 0. The van der Waals surface area contributed by atoms with E-state index in [2.05, 4.69) is 30.4 Å². The van der Waals surface area contributed by atoms with Crippen molar-refractivity contribution < 1.29 is 9.90 Å². The number of aromatic hydroxyl groups is 1. The first-order valence-electron chi connectivity index (χ1n) is 8.93. The molecule has 2 fully saturated rings. The lowest BCUT2D eigenvalue weighted by Crippen LogP contribution is -2.35. The van der Waals surface area contributed by atoms with E-state index in [0.29, 0.717) is 17.4 Å². The molecule has 1 amide bonds. The SMILES string of the molecule is Cc1ccc(C(=O)N2C[C@@H]3CNC[C@@H]3[C@@H]2c2ccccc2C)cc1O.Cl. The third-order valence-electron chi connectivity index (χ3n) is 5.79. The van der Waals surface area contributed by atoms with Gasteiger partial charge in [0.1, 0.15) is 5.75 Å². The van der Waals surface area contributed by atoms with Crippen LogP contribution in [0, 0.1) is 25.7 Å². The second-order valence-electron chi connectivity index (χ2n) is 7.34. The Kier molecular flexibility index (Phi) is 5.26. The summed E-state index contributed by atoms with van der Waals surface area (Å²) in [5, 5.41) is 13.5. The molecule has 2 heterocycles. The van der Waals surface area contributed by atoms with Crippen LogP contribution in [0.2, 0.25) is 0 Å². The Morgan fingerprint density at radius 2 is 1.88 bits per heavy atom. The van der Waals surface area contributed by atoms with E-state index >= 15 is 0 Å². The van der Waals surface area contributed by atoms with Crippen LogP contribution in [0.15, 0.2) is 42.5 Å². The van der Waals surface area contributed by atoms with Crippen LogP contribution in [0.4, 0.5) is 0 Å². The number of hydrogen-bond donors (Lipinski definition) is 2. The van der Waals surface area contributed by atoms with Gasteiger partial charge in [0.05, 0.1) is 6.04 Å². The Labute approximate surface area is 160 Å². The molecule has 2 aliphatic rings. The van der Waals surface area contributed by atoms with Gasteiger partial charge in [-0.05, 0) is 48.6 Å².